The van der Waals surface area contributed by atoms with Crippen LogP contribution in [0, 0.1) is 28.6 Å². The van der Waals surface area contributed by atoms with Crippen molar-refractivity contribution >= 4 is 47.9 Å². The monoisotopic (exact) mass is 1080 g/mol. The fourth-order valence-electron chi connectivity index (χ4n) is 11.8. The number of hydrogen-bond donors (Lipinski definition) is 2. The summed E-state index contributed by atoms with van der Waals surface area (Å²) >= 11 is 0. The predicted octanol–water partition coefficient (Wildman–Crippen LogP) is 8.13. The van der Waals surface area contributed by atoms with Gasteiger partial charge in [-0.25, -0.2) is 24.0 Å². The highest BCUT2D eigenvalue weighted by Gasteiger charge is 2.80. The molecule has 4 fully saturated rings. The van der Waals surface area contributed by atoms with Gasteiger partial charge in [0.1, 0.15) is 54.9 Å². The number of fused-ring (bicyclic) bond motifs is 5. The molecule has 12 unspecified atom stereocenters. The first-order chi connectivity index (χ1) is 36.9. The van der Waals surface area contributed by atoms with Crippen molar-refractivity contribution < 1.29 is 86.1 Å². The molecule has 8 rings (SSSR count). The Kier molecular flexibility index (Phi) is 16.2. The van der Waals surface area contributed by atoms with Gasteiger partial charge in [-0.05, 0) is 56.5 Å². The number of carbonyl (C=O) groups is 8. The summed E-state index contributed by atoms with van der Waals surface area (Å²) in [7, 11) is 0. The van der Waals surface area contributed by atoms with Crippen LogP contribution in [0.15, 0.2) is 121 Å². The summed E-state index contributed by atoms with van der Waals surface area (Å²) in [5.41, 5.74) is -8.07. The van der Waals surface area contributed by atoms with E-state index in [1.165, 1.54) is 39.8 Å². The number of hydrogen-bond acceptors (Lipinski definition) is 18. The number of alkyl carbamates (subject to hydrolysis) is 1. The first-order valence-electron chi connectivity index (χ1n) is 25.8. The zero-order valence-corrected chi connectivity index (χ0v) is 44.7. The molecule has 1 amide bonds. The Balaban J connectivity index is 1.24. The van der Waals surface area contributed by atoms with Crippen molar-refractivity contribution in [3.63, 3.8) is 0 Å². The van der Waals surface area contributed by atoms with Crippen LogP contribution in [-0.2, 0) is 75.0 Å². The van der Waals surface area contributed by atoms with E-state index in [1.54, 1.807) is 130 Å². The summed E-state index contributed by atoms with van der Waals surface area (Å²) in [6.07, 6.45) is -12.9. The van der Waals surface area contributed by atoms with Crippen LogP contribution >= 0.6 is 0 Å². The van der Waals surface area contributed by atoms with E-state index in [-0.39, 0.29) is 30.8 Å². The van der Waals surface area contributed by atoms with Gasteiger partial charge >= 0.3 is 36.3 Å². The van der Waals surface area contributed by atoms with Gasteiger partial charge in [0, 0.05) is 37.0 Å². The van der Waals surface area contributed by atoms with Crippen LogP contribution in [0.4, 0.5) is 14.4 Å². The first kappa shape index (κ1) is 56.6. The standard InChI is InChI=1S/C59H65NO18/c1-34-40(73-51(65)46(75-54(68)71-32-37-23-15-10-16-24-37)44(38-25-17-11-18-26-38)60-52(66)78-55(3,4)5)30-59(69)49(76-50(64)39-27-19-12-20-28-39)47-57(8,48(63)45(62)43(34)56(59,6)7)41(29-42-58(47,33-72-42)77-35(2)61)74-53(67)70-31-36-21-13-9-14-22-36/h9-28,34,40-44,46-47,49,69H,29-33H2,1-8H3,(H,60,66). The minimum absolute atomic E-state index is 0.00778. The number of aliphatic hydroxyl groups is 1. The molecule has 4 aromatic carbocycles. The number of ether oxygens (including phenoxy) is 9. The highest BCUT2D eigenvalue weighted by molar-refractivity contribution is 6.40. The van der Waals surface area contributed by atoms with Crippen LogP contribution in [0.1, 0.15) is 101 Å². The molecule has 3 saturated carbocycles. The van der Waals surface area contributed by atoms with E-state index >= 15 is 14.4 Å². The molecule has 414 valence electrons. The molecule has 1 heterocycles. The maximum Gasteiger partial charge on any atom is 0.509 e. The number of amides is 1. The van der Waals surface area contributed by atoms with Crippen LogP contribution < -0.4 is 5.32 Å². The molecule has 0 spiro atoms. The smallest absolute Gasteiger partial charge is 0.459 e. The average Bonchev–Trinajstić information content (AvgIpc) is 3.40. The molecule has 78 heavy (non-hydrogen) atoms. The van der Waals surface area contributed by atoms with Crippen molar-refractivity contribution in [2.24, 2.45) is 28.6 Å². The quantitative estimate of drug-likeness (QED) is 0.0687. The number of ketones is 2. The lowest BCUT2D eigenvalue weighted by Gasteiger charge is -2.68. The molecule has 2 bridgehead atoms. The Hall–Kier alpha value is -7.64. The number of Topliss-reactive ketones (excluding diaryl/α,β-unsaturated/α-hetero) is 2. The van der Waals surface area contributed by atoms with Crippen molar-refractivity contribution in [2.75, 3.05) is 6.61 Å². The minimum atomic E-state index is -2.54. The molecule has 4 aliphatic rings. The second kappa shape index (κ2) is 22.4. The Morgan fingerprint density at radius 2 is 1.31 bits per heavy atom. The van der Waals surface area contributed by atoms with Gasteiger partial charge in [0.05, 0.1) is 23.5 Å². The van der Waals surface area contributed by atoms with Gasteiger partial charge in [-0.3, -0.25) is 14.4 Å². The Bertz CT molecular complexity index is 2880. The van der Waals surface area contributed by atoms with Gasteiger partial charge < -0.3 is 53.1 Å². The fourth-order valence-corrected chi connectivity index (χ4v) is 11.8. The lowest BCUT2D eigenvalue weighted by atomic mass is 9.42. The molecule has 4 aromatic rings. The van der Waals surface area contributed by atoms with Crippen molar-refractivity contribution in [3.8, 4) is 0 Å². The summed E-state index contributed by atoms with van der Waals surface area (Å²) in [6, 6.07) is 31.5. The molecule has 19 heteroatoms. The fraction of sp³-hybridized carbons (Fsp3) is 0.458. The second-order valence-corrected chi connectivity index (χ2v) is 22.1. The molecule has 12 atom stereocenters. The normalized spacial score (nSPS) is 28.6. The van der Waals surface area contributed by atoms with E-state index in [0.29, 0.717) is 11.1 Å². The highest BCUT2D eigenvalue weighted by atomic mass is 16.7. The summed E-state index contributed by atoms with van der Waals surface area (Å²) < 4.78 is 53.5. The summed E-state index contributed by atoms with van der Waals surface area (Å²) in [5.74, 6) is -9.83. The lowest BCUT2D eigenvalue weighted by molar-refractivity contribution is -0.350. The van der Waals surface area contributed by atoms with E-state index in [9.17, 15) is 29.1 Å². The summed E-state index contributed by atoms with van der Waals surface area (Å²) in [6.45, 7) is 11.0. The van der Waals surface area contributed by atoms with Crippen molar-refractivity contribution in [2.45, 2.75) is 135 Å². The molecule has 1 aliphatic heterocycles. The molecular formula is C59H65NO18. The van der Waals surface area contributed by atoms with Crippen LogP contribution in [0.3, 0.4) is 0 Å². The number of carbonyl (C=O) groups excluding carboxylic acids is 8. The van der Waals surface area contributed by atoms with E-state index in [1.807, 2.05) is 0 Å². The van der Waals surface area contributed by atoms with E-state index in [4.69, 9.17) is 42.6 Å². The SMILES string of the molecule is CC(=O)OC12COC1CC(OC(=O)OCc1ccccc1)C1(C)C(=O)C(=O)C3C(C)C(OC(=O)C(OC(=O)OCc4ccccc4)C(NC(=O)OC(C)(C)C)c4ccccc4)CC(O)(C(OC(=O)c4ccccc4)C21)C3(C)C. The minimum Gasteiger partial charge on any atom is -0.459 e. The van der Waals surface area contributed by atoms with Gasteiger partial charge in [0.15, 0.2) is 5.60 Å². The average molecular weight is 1080 g/mol. The van der Waals surface area contributed by atoms with Gasteiger partial charge in [-0.2, -0.15) is 0 Å². The number of nitrogens with one attached hydrogen (secondary N) is 1. The van der Waals surface area contributed by atoms with Gasteiger partial charge in [-0.1, -0.05) is 130 Å². The van der Waals surface area contributed by atoms with Gasteiger partial charge in [-0.15, -0.1) is 0 Å². The number of esters is 3. The molecular weight excluding hydrogens is 1010 g/mol. The molecule has 2 N–H and O–H groups in total. The zero-order chi connectivity index (χ0) is 56.4. The first-order valence-corrected chi connectivity index (χ1v) is 25.8. The van der Waals surface area contributed by atoms with Gasteiger partial charge in [0.2, 0.25) is 17.7 Å². The maximum atomic E-state index is 15.8. The Labute approximate surface area is 451 Å². The molecule has 0 aromatic heterocycles. The number of benzene rings is 4. The lowest BCUT2D eigenvalue weighted by Crippen LogP contribution is -2.83. The highest BCUT2D eigenvalue weighted by Crippen LogP contribution is 2.65. The van der Waals surface area contributed by atoms with Crippen molar-refractivity contribution in [1.82, 2.24) is 5.32 Å². The molecule has 3 aliphatic carbocycles. The summed E-state index contributed by atoms with van der Waals surface area (Å²) in [4.78, 5) is 116. The molecule has 0 radical (unpaired) electrons. The largest absolute Gasteiger partial charge is 0.509 e. The topological polar surface area (TPSA) is 252 Å². The van der Waals surface area contributed by atoms with E-state index in [0.717, 1.165) is 6.92 Å². The van der Waals surface area contributed by atoms with E-state index in [2.05, 4.69) is 5.32 Å². The third-order valence-electron chi connectivity index (χ3n) is 15.7. The van der Waals surface area contributed by atoms with Crippen molar-refractivity contribution in [3.05, 3.63) is 144 Å². The number of rotatable bonds is 14. The van der Waals surface area contributed by atoms with Crippen LogP contribution in [-0.4, -0.2) is 107 Å². The Morgan fingerprint density at radius 1 is 0.756 bits per heavy atom. The maximum absolute atomic E-state index is 15.8. The predicted molar refractivity (Wildman–Crippen MR) is 274 cm³/mol. The third-order valence-corrected chi connectivity index (χ3v) is 15.7. The Morgan fingerprint density at radius 3 is 1.85 bits per heavy atom. The molecule has 19 nitrogen and oxygen atoms in total. The van der Waals surface area contributed by atoms with Crippen LogP contribution in [0.2, 0.25) is 0 Å². The van der Waals surface area contributed by atoms with Crippen LogP contribution in [0.25, 0.3) is 0 Å². The molecule has 1 saturated heterocycles. The zero-order valence-electron chi connectivity index (χ0n) is 44.7. The van der Waals surface area contributed by atoms with Crippen LogP contribution in [0.5, 0.6) is 0 Å². The van der Waals surface area contributed by atoms with E-state index < -0.39 is 143 Å². The second-order valence-electron chi connectivity index (χ2n) is 22.1. The van der Waals surface area contributed by atoms with Crippen molar-refractivity contribution in [1.29, 1.82) is 0 Å². The summed E-state index contributed by atoms with van der Waals surface area (Å²) in [5, 5.41) is 16.7. The third kappa shape index (κ3) is 11.2. The van der Waals surface area contributed by atoms with Gasteiger partial charge in [0.25, 0.3) is 0 Å².